The Kier molecular flexibility index (Phi) is 3.96. The van der Waals surface area contributed by atoms with Gasteiger partial charge in [0.25, 0.3) is 0 Å². The molecule has 1 aromatic heterocycles. The Morgan fingerprint density at radius 3 is 2.95 bits per heavy atom. The molecule has 6 nitrogen and oxygen atoms in total. The smallest absolute Gasteiger partial charge is 0.304 e. The Balaban J connectivity index is 2.25. The maximum Gasteiger partial charge on any atom is 0.311 e. The zero-order valence-corrected chi connectivity index (χ0v) is 11.8. The van der Waals surface area contributed by atoms with Crippen LogP contribution in [0.25, 0.3) is 0 Å². The molecule has 1 saturated heterocycles. The van der Waals surface area contributed by atoms with Crippen molar-refractivity contribution in [1.29, 1.82) is 0 Å². The fraction of sp³-hybridized carbons (Fsp3) is 0.455. The third-order valence-electron chi connectivity index (χ3n) is 2.97. The first-order valence-electron chi connectivity index (χ1n) is 5.69. The van der Waals surface area contributed by atoms with Gasteiger partial charge in [-0.15, -0.1) is 11.8 Å². The highest BCUT2D eigenvalue weighted by Crippen LogP contribution is 2.39. The molecule has 8 heteroatoms. The summed E-state index contributed by atoms with van der Waals surface area (Å²) in [6.45, 7) is 1.83. The minimum atomic E-state index is -0.594. The summed E-state index contributed by atoms with van der Waals surface area (Å²) in [6, 6.07) is 2.55. The van der Waals surface area contributed by atoms with Crippen molar-refractivity contribution < 1.29 is 9.72 Å². The van der Waals surface area contributed by atoms with E-state index in [9.17, 15) is 14.9 Å². The minimum absolute atomic E-state index is 0.101. The average Bonchev–Trinajstić information content (AvgIpc) is 2.77. The molecule has 0 saturated carbocycles. The van der Waals surface area contributed by atoms with Crippen LogP contribution in [0.2, 0.25) is 5.15 Å². The molecule has 1 aromatic rings. The van der Waals surface area contributed by atoms with Crippen molar-refractivity contribution in [2.24, 2.45) is 0 Å². The van der Waals surface area contributed by atoms with Gasteiger partial charge in [0.15, 0.2) is 0 Å². The first kappa shape index (κ1) is 14.1. The molecule has 1 atom stereocenters. The quantitative estimate of drug-likeness (QED) is 0.527. The molecule has 1 unspecified atom stereocenters. The number of amides is 1. The van der Waals surface area contributed by atoms with Crippen molar-refractivity contribution in [1.82, 2.24) is 4.98 Å². The Morgan fingerprint density at radius 2 is 2.37 bits per heavy atom. The number of pyridine rings is 1. The van der Waals surface area contributed by atoms with Crippen LogP contribution in [0.15, 0.2) is 12.1 Å². The van der Waals surface area contributed by atoms with E-state index in [1.54, 1.807) is 11.8 Å². The number of nitrogens with one attached hydrogen (secondary N) is 1. The van der Waals surface area contributed by atoms with Gasteiger partial charge < -0.3 is 5.32 Å². The molecule has 0 bridgehead atoms. The van der Waals surface area contributed by atoms with E-state index in [0.29, 0.717) is 0 Å². The Morgan fingerprint density at radius 1 is 1.63 bits per heavy atom. The van der Waals surface area contributed by atoms with E-state index in [2.05, 4.69) is 10.3 Å². The summed E-state index contributed by atoms with van der Waals surface area (Å²) in [7, 11) is 0. The molecule has 1 fully saturated rings. The summed E-state index contributed by atoms with van der Waals surface area (Å²) >= 11 is 7.26. The number of carbonyl (C=O) groups is 1. The molecule has 19 heavy (non-hydrogen) atoms. The van der Waals surface area contributed by atoms with Crippen LogP contribution in [-0.4, -0.2) is 26.3 Å². The zero-order valence-electron chi connectivity index (χ0n) is 10.2. The molecule has 1 amide bonds. The third-order valence-corrected chi connectivity index (χ3v) is 4.70. The van der Waals surface area contributed by atoms with Gasteiger partial charge in [0.2, 0.25) is 11.7 Å². The number of thioether (sulfide) groups is 1. The second-order valence-electron chi connectivity index (χ2n) is 4.40. The van der Waals surface area contributed by atoms with Crippen molar-refractivity contribution in [3.63, 3.8) is 0 Å². The monoisotopic (exact) mass is 301 g/mol. The minimum Gasteiger partial charge on any atom is -0.304 e. The van der Waals surface area contributed by atoms with Gasteiger partial charge in [0, 0.05) is 6.07 Å². The van der Waals surface area contributed by atoms with E-state index in [1.807, 2.05) is 6.92 Å². The number of hydrogen-bond donors (Lipinski definition) is 1. The van der Waals surface area contributed by atoms with Gasteiger partial charge in [0.1, 0.15) is 5.15 Å². The van der Waals surface area contributed by atoms with Crippen molar-refractivity contribution in [2.45, 2.75) is 24.5 Å². The molecule has 0 aliphatic carbocycles. The molecule has 0 spiro atoms. The predicted molar refractivity (Wildman–Crippen MR) is 74.6 cm³/mol. The molecule has 2 heterocycles. The standard InChI is InChI=1S/C11H12ClN3O3S/c1-11(5-2-6-19-11)10(16)14-9-7(15(17)18)3-4-8(12)13-9/h3-4H,2,5-6H2,1H3,(H,13,14,16). The molecular formula is C11H12ClN3O3S. The van der Waals surface area contributed by atoms with Crippen LogP contribution in [-0.2, 0) is 4.79 Å². The number of aromatic nitrogens is 1. The van der Waals surface area contributed by atoms with Gasteiger partial charge >= 0.3 is 5.69 Å². The van der Waals surface area contributed by atoms with Crippen LogP contribution in [0, 0.1) is 10.1 Å². The topological polar surface area (TPSA) is 85.1 Å². The second kappa shape index (κ2) is 5.34. The molecule has 1 aliphatic rings. The third kappa shape index (κ3) is 2.98. The Hall–Kier alpha value is -1.34. The van der Waals surface area contributed by atoms with Crippen molar-refractivity contribution in [2.75, 3.05) is 11.1 Å². The van der Waals surface area contributed by atoms with Crippen LogP contribution in [0.3, 0.4) is 0 Å². The first-order chi connectivity index (χ1) is 8.92. The maximum atomic E-state index is 12.2. The zero-order chi connectivity index (χ0) is 14.0. The van der Waals surface area contributed by atoms with E-state index in [4.69, 9.17) is 11.6 Å². The SMILES string of the molecule is CC1(C(=O)Nc2nc(Cl)ccc2[N+](=O)[O-])CCCS1. The van der Waals surface area contributed by atoms with Crippen molar-refractivity contribution >= 4 is 40.8 Å². The summed E-state index contributed by atoms with van der Waals surface area (Å²) in [5, 5.41) is 13.5. The fourth-order valence-corrected chi connectivity index (χ4v) is 3.22. The maximum absolute atomic E-state index is 12.2. The van der Waals surface area contributed by atoms with Gasteiger partial charge in [-0.3, -0.25) is 14.9 Å². The lowest BCUT2D eigenvalue weighted by Gasteiger charge is -2.20. The Bertz CT molecular complexity index is 532. The van der Waals surface area contributed by atoms with E-state index >= 15 is 0 Å². The number of hydrogen-bond acceptors (Lipinski definition) is 5. The molecule has 102 valence electrons. The van der Waals surface area contributed by atoms with Gasteiger partial charge in [-0.1, -0.05) is 11.6 Å². The molecule has 0 aromatic carbocycles. The van der Waals surface area contributed by atoms with Crippen molar-refractivity contribution in [3.8, 4) is 0 Å². The lowest BCUT2D eigenvalue weighted by Crippen LogP contribution is -2.35. The molecule has 1 aliphatic heterocycles. The lowest BCUT2D eigenvalue weighted by atomic mass is 10.1. The van der Waals surface area contributed by atoms with Gasteiger partial charge in [0.05, 0.1) is 9.67 Å². The summed E-state index contributed by atoms with van der Waals surface area (Å²) < 4.78 is -0.558. The van der Waals surface area contributed by atoms with Gasteiger partial charge in [-0.2, -0.15) is 0 Å². The van der Waals surface area contributed by atoms with Crippen LogP contribution < -0.4 is 5.32 Å². The van der Waals surface area contributed by atoms with E-state index in [-0.39, 0.29) is 22.6 Å². The molecule has 0 radical (unpaired) electrons. The first-order valence-corrected chi connectivity index (χ1v) is 7.05. The predicted octanol–water partition coefficient (Wildman–Crippen LogP) is 2.87. The lowest BCUT2D eigenvalue weighted by molar-refractivity contribution is -0.384. The number of nitrogens with zero attached hydrogens (tertiary/aromatic N) is 2. The molecular weight excluding hydrogens is 290 g/mol. The van der Waals surface area contributed by atoms with Crippen LogP contribution in [0.1, 0.15) is 19.8 Å². The van der Waals surface area contributed by atoms with E-state index < -0.39 is 9.67 Å². The largest absolute Gasteiger partial charge is 0.311 e. The molecule has 1 N–H and O–H groups in total. The number of carbonyl (C=O) groups excluding carboxylic acids is 1. The summed E-state index contributed by atoms with van der Waals surface area (Å²) in [5.74, 6) is 0.540. The summed E-state index contributed by atoms with van der Waals surface area (Å²) in [6.07, 6.45) is 1.71. The fourth-order valence-electron chi connectivity index (χ4n) is 1.87. The highest BCUT2D eigenvalue weighted by Gasteiger charge is 2.38. The number of anilines is 1. The highest BCUT2D eigenvalue weighted by molar-refractivity contribution is 8.01. The van der Waals surface area contributed by atoms with Gasteiger partial charge in [-0.25, -0.2) is 4.98 Å². The van der Waals surface area contributed by atoms with Crippen molar-refractivity contribution in [3.05, 3.63) is 27.4 Å². The Labute approximate surface area is 119 Å². The number of nitro groups is 1. The highest BCUT2D eigenvalue weighted by atomic mass is 35.5. The average molecular weight is 302 g/mol. The number of halogens is 1. The summed E-state index contributed by atoms with van der Waals surface area (Å²) in [4.78, 5) is 26.3. The van der Waals surface area contributed by atoms with Gasteiger partial charge in [-0.05, 0) is 31.6 Å². The van der Waals surface area contributed by atoms with Crippen LogP contribution in [0.5, 0.6) is 0 Å². The van der Waals surface area contributed by atoms with E-state index in [0.717, 1.165) is 18.6 Å². The molecule has 2 rings (SSSR count). The number of rotatable bonds is 3. The second-order valence-corrected chi connectivity index (χ2v) is 6.38. The van der Waals surface area contributed by atoms with Crippen LogP contribution >= 0.6 is 23.4 Å². The van der Waals surface area contributed by atoms with E-state index in [1.165, 1.54) is 12.1 Å². The normalized spacial score (nSPS) is 22.2. The summed E-state index contributed by atoms with van der Waals surface area (Å²) in [5.41, 5.74) is -0.260. The van der Waals surface area contributed by atoms with Crippen LogP contribution in [0.4, 0.5) is 11.5 Å².